The van der Waals surface area contributed by atoms with E-state index in [-0.39, 0.29) is 5.56 Å². The first kappa shape index (κ1) is 12.1. The maximum Gasteiger partial charge on any atom is 0.330 e. The number of nitrogens with one attached hydrogen (secondary N) is 1. The fourth-order valence-electron chi connectivity index (χ4n) is 1.77. The number of rotatable bonds is 4. The SMILES string of the molecule is Cn1cnc2c1c(=O)[nH]c(=O)n2CCCCBr. The van der Waals surface area contributed by atoms with Gasteiger partial charge in [-0.1, -0.05) is 15.9 Å². The number of aryl methyl sites for hydroxylation is 2. The molecule has 7 heteroatoms. The number of fused-ring (bicyclic) bond motifs is 1. The van der Waals surface area contributed by atoms with E-state index >= 15 is 0 Å². The molecular weight excluding hydrogens is 288 g/mol. The largest absolute Gasteiger partial charge is 0.330 e. The highest BCUT2D eigenvalue weighted by Crippen LogP contribution is 2.05. The monoisotopic (exact) mass is 300 g/mol. The lowest BCUT2D eigenvalue weighted by molar-refractivity contribution is 0.617. The standard InChI is InChI=1S/C10H13BrN4O2/c1-14-6-12-8-7(14)9(16)13-10(17)15(8)5-3-2-4-11/h6H,2-5H2,1H3,(H,13,16,17). The lowest BCUT2D eigenvalue weighted by atomic mass is 10.3. The number of halogens is 1. The zero-order valence-corrected chi connectivity index (χ0v) is 11.0. The number of H-pyrrole nitrogens is 1. The summed E-state index contributed by atoms with van der Waals surface area (Å²) in [6.07, 6.45) is 3.38. The summed E-state index contributed by atoms with van der Waals surface area (Å²) in [6.45, 7) is 0.564. The molecule has 0 bridgehead atoms. The first-order valence-electron chi connectivity index (χ1n) is 5.35. The molecule has 6 nitrogen and oxygen atoms in total. The molecule has 0 unspecified atom stereocenters. The summed E-state index contributed by atoms with van der Waals surface area (Å²) in [5.41, 5.74) is 0.108. The molecule has 2 heterocycles. The summed E-state index contributed by atoms with van der Waals surface area (Å²) >= 11 is 3.34. The Morgan fingerprint density at radius 2 is 2.18 bits per heavy atom. The number of alkyl halides is 1. The molecule has 0 saturated carbocycles. The minimum absolute atomic E-state index is 0.387. The topological polar surface area (TPSA) is 72.7 Å². The highest BCUT2D eigenvalue weighted by molar-refractivity contribution is 9.09. The third-order valence-electron chi connectivity index (χ3n) is 2.62. The van der Waals surface area contributed by atoms with E-state index in [0.717, 1.165) is 18.2 Å². The van der Waals surface area contributed by atoms with E-state index < -0.39 is 5.69 Å². The average Bonchev–Trinajstić information content (AvgIpc) is 2.66. The van der Waals surface area contributed by atoms with Gasteiger partial charge in [0, 0.05) is 18.9 Å². The quantitative estimate of drug-likeness (QED) is 0.664. The van der Waals surface area contributed by atoms with Crippen molar-refractivity contribution in [1.29, 1.82) is 0 Å². The van der Waals surface area contributed by atoms with Crippen LogP contribution in [0.5, 0.6) is 0 Å². The number of nitrogens with zero attached hydrogens (tertiary/aromatic N) is 3. The predicted octanol–water partition coefficient (Wildman–Crippen LogP) is 0.598. The number of aromatic amines is 1. The summed E-state index contributed by atoms with van der Waals surface area (Å²) < 4.78 is 3.13. The molecule has 0 spiro atoms. The second-order valence-corrected chi connectivity index (χ2v) is 4.63. The number of imidazole rings is 1. The Balaban J connectivity index is 2.54. The molecule has 2 aromatic rings. The van der Waals surface area contributed by atoms with Crippen LogP contribution in [0.2, 0.25) is 0 Å². The Labute approximate surface area is 105 Å². The van der Waals surface area contributed by atoms with Gasteiger partial charge in [-0.15, -0.1) is 0 Å². The van der Waals surface area contributed by atoms with E-state index in [2.05, 4.69) is 25.9 Å². The van der Waals surface area contributed by atoms with Crippen molar-refractivity contribution in [3.05, 3.63) is 27.2 Å². The second-order valence-electron chi connectivity index (χ2n) is 3.83. The van der Waals surface area contributed by atoms with Gasteiger partial charge in [-0.05, 0) is 12.8 Å². The maximum atomic E-state index is 11.7. The van der Waals surface area contributed by atoms with Gasteiger partial charge in [-0.25, -0.2) is 9.78 Å². The molecule has 0 amide bonds. The van der Waals surface area contributed by atoms with Crippen LogP contribution < -0.4 is 11.2 Å². The number of aromatic nitrogens is 4. The molecule has 0 aromatic carbocycles. The van der Waals surface area contributed by atoms with Crippen LogP contribution in [0, 0.1) is 0 Å². The van der Waals surface area contributed by atoms with Crippen LogP contribution in [-0.4, -0.2) is 24.4 Å². The van der Waals surface area contributed by atoms with Gasteiger partial charge in [0.05, 0.1) is 6.33 Å². The van der Waals surface area contributed by atoms with Gasteiger partial charge in [0.1, 0.15) is 0 Å². The van der Waals surface area contributed by atoms with Crippen LogP contribution in [0.25, 0.3) is 11.2 Å². The predicted molar refractivity (Wildman–Crippen MR) is 68.6 cm³/mol. The normalized spacial score (nSPS) is 11.2. The molecule has 0 aliphatic heterocycles. The molecule has 2 aromatic heterocycles. The van der Waals surface area contributed by atoms with Crippen molar-refractivity contribution in [2.75, 3.05) is 5.33 Å². The molecule has 0 aliphatic carbocycles. The van der Waals surface area contributed by atoms with Crippen molar-refractivity contribution in [2.24, 2.45) is 7.05 Å². The van der Waals surface area contributed by atoms with Crippen molar-refractivity contribution in [1.82, 2.24) is 19.1 Å². The van der Waals surface area contributed by atoms with Gasteiger partial charge in [0.25, 0.3) is 5.56 Å². The van der Waals surface area contributed by atoms with E-state index in [0.29, 0.717) is 17.7 Å². The van der Waals surface area contributed by atoms with Crippen molar-refractivity contribution in [2.45, 2.75) is 19.4 Å². The summed E-state index contributed by atoms with van der Waals surface area (Å²) in [4.78, 5) is 29.8. The Bertz CT molecular complexity index is 640. The lowest BCUT2D eigenvalue weighted by Gasteiger charge is -2.05. The van der Waals surface area contributed by atoms with Crippen molar-refractivity contribution in [3.8, 4) is 0 Å². The average molecular weight is 301 g/mol. The molecule has 0 fully saturated rings. The zero-order valence-electron chi connectivity index (χ0n) is 9.44. The van der Waals surface area contributed by atoms with Gasteiger partial charge in [0.15, 0.2) is 11.2 Å². The van der Waals surface area contributed by atoms with Crippen LogP contribution in [0.1, 0.15) is 12.8 Å². The second kappa shape index (κ2) is 4.87. The Hall–Kier alpha value is -1.37. The molecule has 2 rings (SSSR count). The minimum Gasteiger partial charge on any atom is -0.328 e. The number of hydrogen-bond donors (Lipinski definition) is 1. The van der Waals surface area contributed by atoms with Crippen molar-refractivity contribution < 1.29 is 0 Å². The van der Waals surface area contributed by atoms with E-state index in [4.69, 9.17) is 0 Å². The zero-order chi connectivity index (χ0) is 12.4. The highest BCUT2D eigenvalue weighted by atomic mass is 79.9. The fourth-order valence-corrected chi connectivity index (χ4v) is 2.17. The molecule has 0 saturated heterocycles. The number of hydrogen-bond acceptors (Lipinski definition) is 3. The van der Waals surface area contributed by atoms with E-state index in [1.807, 2.05) is 0 Å². The fraction of sp³-hybridized carbons (Fsp3) is 0.500. The van der Waals surface area contributed by atoms with Crippen LogP contribution in [0.15, 0.2) is 15.9 Å². The molecular formula is C10H13BrN4O2. The van der Waals surface area contributed by atoms with Crippen LogP contribution >= 0.6 is 15.9 Å². The van der Waals surface area contributed by atoms with E-state index in [1.54, 1.807) is 17.9 Å². The van der Waals surface area contributed by atoms with Crippen LogP contribution in [0.4, 0.5) is 0 Å². The first-order valence-corrected chi connectivity index (χ1v) is 6.47. The smallest absolute Gasteiger partial charge is 0.328 e. The molecule has 0 radical (unpaired) electrons. The molecule has 0 atom stereocenters. The van der Waals surface area contributed by atoms with Crippen LogP contribution in [-0.2, 0) is 13.6 Å². The Morgan fingerprint density at radius 3 is 2.88 bits per heavy atom. The summed E-state index contributed by atoms with van der Waals surface area (Å²) in [5.74, 6) is 0. The molecule has 17 heavy (non-hydrogen) atoms. The summed E-state index contributed by atoms with van der Waals surface area (Å²) in [5, 5.41) is 0.899. The van der Waals surface area contributed by atoms with Gasteiger partial charge in [-0.3, -0.25) is 14.3 Å². The lowest BCUT2D eigenvalue weighted by Crippen LogP contribution is -2.31. The molecule has 0 aliphatic rings. The van der Waals surface area contributed by atoms with E-state index in [1.165, 1.54) is 4.57 Å². The van der Waals surface area contributed by atoms with Gasteiger partial charge >= 0.3 is 5.69 Å². The van der Waals surface area contributed by atoms with Crippen LogP contribution in [0.3, 0.4) is 0 Å². The third kappa shape index (κ3) is 2.19. The highest BCUT2D eigenvalue weighted by Gasteiger charge is 2.11. The molecule has 92 valence electrons. The summed E-state index contributed by atoms with van der Waals surface area (Å²) in [6, 6.07) is 0. The summed E-state index contributed by atoms with van der Waals surface area (Å²) in [7, 11) is 1.73. The van der Waals surface area contributed by atoms with Crippen molar-refractivity contribution in [3.63, 3.8) is 0 Å². The van der Waals surface area contributed by atoms with Crippen molar-refractivity contribution >= 4 is 27.1 Å². The Kier molecular flexibility index (Phi) is 3.46. The van der Waals surface area contributed by atoms with Gasteiger partial charge in [0.2, 0.25) is 0 Å². The third-order valence-corrected chi connectivity index (χ3v) is 3.18. The van der Waals surface area contributed by atoms with Gasteiger partial charge in [-0.2, -0.15) is 0 Å². The first-order chi connectivity index (χ1) is 8.15. The van der Waals surface area contributed by atoms with Gasteiger partial charge < -0.3 is 4.57 Å². The minimum atomic E-state index is -0.393. The van der Waals surface area contributed by atoms with E-state index in [9.17, 15) is 9.59 Å². The number of unbranched alkanes of at least 4 members (excludes halogenated alkanes) is 1. The Morgan fingerprint density at radius 1 is 1.41 bits per heavy atom. The molecule has 1 N–H and O–H groups in total. The maximum absolute atomic E-state index is 11.7.